The molecule has 0 bridgehead atoms. The van der Waals surface area contributed by atoms with Crippen molar-refractivity contribution >= 4 is 5.78 Å². The first kappa shape index (κ1) is 13.1. The molecule has 2 heteroatoms. The van der Waals surface area contributed by atoms with Crippen molar-refractivity contribution < 1.29 is 4.79 Å². The normalized spacial score (nSPS) is 20.6. The highest BCUT2D eigenvalue weighted by Crippen LogP contribution is 2.39. The summed E-state index contributed by atoms with van der Waals surface area (Å²) in [6, 6.07) is 18.4. The monoisotopic (exact) mass is 265 g/mol. The fourth-order valence-corrected chi connectivity index (χ4v) is 2.59. The molecule has 2 atom stereocenters. The van der Waals surface area contributed by atoms with Gasteiger partial charge in [0.15, 0.2) is 5.78 Å². The van der Waals surface area contributed by atoms with Gasteiger partial charge in [-0.25, -0.2) is 0 Å². The minimum atomic E-state index is 0.213. The van der Waals surface area contributed by atoms with Crippen LogP contribution in [0.5, 0.6) is 0 Å². The van der Waals surface area contributed by atoms with Gasteiger partial charge in [-0.05, 0) is 30.0 Å². The second-order valence-corrected chi connectivity index (χ2v) is 5.54. The van der Waals surface area contributed by atoms with Gasteiger partial charge in [0.05, 0.1) is 0 Å². The van der Waals surface area contributed by atoms with Crippen molar-refractivity contribution in [3.8, 4) is 0 Å². The van der Waals surface area contributed by atoms with E-state index in [9.17, 15) is 4.79 Å². The van der Waals surface area contributed by atoms with Gasteiger partial charge >= 0.3 is 0 Å². The lowest BCUT2D eigenvalue weighted by Crippen LogP contribution is -2.04. The van der Waals surface area contributed by atoms with Crippen LogP contribution in [0.1, 0.15) is 40.2 Å². The third kappa shape index (κ3) is 2.97. The van der Waals surface area contributed by atoms with Gasteiger partial charge in [-0.1, -0.05) is 48.5 Å². The van der Waals surface area contributed by atoms with Crippen LogP contribution < -0.4 is 5.73 Å². The zero-order chi connectivity index (χ0) is 13.9. The molecule has 1 aliphatic carbocycles. The van der Waals surface area contributed by atoms with E-state index in [1.165, 1.54) is 11.1 Å². The van der Waals surface area contributed by atoms with Crippen molar-refractivity contribution in [2.75, 3.05) is 0 Å². The Balaban J connectivity index is 1.65. The number of Topliss-reactive ketones (excluding diaryl/α,β-unsaturated/α-hetero) is 1. The fourth-order valence-electron chi connectivity index (χ4n) is 2.59. The van der Waals surface area contributed by atoms with E-state index in [1.807, 2.05) is 36.4 Å². The number of ketones is 1. The third-order valence-electron chi connectivity index (χ3n) is 3.96. The Morgan fingerprint density at radius 3 is 2.55 bits per heavy atom. The number of carbonyl (C=O) groups is 1. The molecule has 2 nitrogen and oxygen atoms in total. The molecule has 3 rings (SSSR count). The molecule has 0 spiro atoms. The van der Waals surface area contributed by atoms with Gasteiger partial charge < -0.3 is 5.73 Å². The third-order valence-corrected chi connectivity index (χ3v) is 3.96. The first-order valence-corrected chi connectivity index (χ1v) is 7.17. The Morgan fingerprint density at radius 1 is 1.10 bits per heavy atom. The Bertz CT molecular complexity index is 606. The molecular weight excluding hydrogens is 246 g/mol. The Labute approximate surface area is 119 Å². The Kier molecular flexibility index (Phi) is 3.66. The number of carbonyl (C=O) groups excluding carboxylic acids is 1. The standard InChI is InChI=1S/C18H19NO/c19-17-12-16(17)14-7-4-8-15(11-14)18(20)10-9-13-5-2-1-3-6-13/h1-8,11,16-17H,9-10,12,19H2. The first-order chi connectivity index (χ1) is 9.74. The minimum Gasteiger partial charge on any atom is -0.327 e. The average Bonchev–Trinajstić information content (AvgIpc) is 3.23. The summed E-state index contributed by atoms with van der Waals surface area (Å²) in [6.45, 7) is 0. The van der Waals surface area contributed by atoms with Crippen LogP contribution >= 0.6 is 0 Å². The first-order valence-electron chi connectivity index (χ1n) is 7.17. The second-order valence-electron chi connectivity index (χ2n) is 5.54. The van der Waals surface area contributed by atoms with Gasteiger partial charge in [0, 0.05) is 23.9 Å². The van der Waals surface area contributed by atoms with E-state index in [-0.39, 0.29) is 11.8 Å². The predicted molar refractivity (Wildman–Crippen MR) is 80.9 cm³/mol. The van der Waals surface area contributed by atoms with Crippen LogP contribution in [0.25, 0.3) is 0 Å². The number of aryl methyl sites for hydroxylation is 1. The SMILES string of the molecule is NC1CC1c1cccc(C(=O)CCc2ccccc2)c1. The molecule has 2 N–H and O–H groups in total. The summed E-state index contributed by atoms with van der Waals surface area (Å²) in [7, 11) is 0. The van der Waals surface area contributed by atoms with E-state index in [4.69, 9.17) is 5.73 Å². The number of rotatable bonds is 5. The largest absolute Gasteiger partial charge is 0.327 e. The zero-order valence-electron chi connectivity index (χ0n) is 11.5. The molecule has 0 aromatic heterocycles. The van der Waals surface area contributed by atoms with Crippen molar-refractivity contribution in [2.24, 2.45) is 5.73 Å². The maximum Gasteiger partial charge on any atom is 0.163 e. The van der Waals surface area contributed by atoms with Gasteiger partial charge in [0.1, 0.15) is 0 Å². The molecule has 0 radical (unpaired) electrons. The number of nitrogens with two attached hydrogens (primary N) is 1. The van der Waals surface area contributed by atoms with Crippen molar-refractivity contribution in [2.45, 2.75) is 31.2 Å². The fraction of sp³-hybridized carbons (Fsp3) is 0.278. The molecular formula is C18H19NO. The molecule has 1 fully saturated rings. The van der Waals surface area contributed by atoms with E-state index in [0.717, 1.165) is 18.4 Å². The average molecular weight is 265 g/mol. The lowest BCUT2D eigenvalue weighted by molar-refractivity contribution is 0.0982. The molecule has 102 valence electrons. The highest BCUT2D eigenvalue weighted by Gasteiger charge is 2.34. The highest BCUT2D eigenvalue weighted by atomic mass is 16.1. The molecule has 2 aromatic rings. The lowest BCUT2D eigenvalue weighted by atomic mass is 10.00. The molecule has 20 heavy (non-hydrogen) atoms. The molecule has 1 saturated carbocycles. The maximum absolute atomic E-state index is 12.3. The quantitative estimate of drug-likeness (QED) is 0.843. The molecule has 2 aromatic carbocycles. The Hall–Kier alpha value is -1.93. The van der Waals surface area contributed by atoms with Crippen LogP contribution in [0.2, 0.25) is 0 Å². The van der Waals surface area contributed by atoms with Crippen LogP contribution in [0.15, 0.2) is 54.6 Å². The van der Waals surface area contributed by atoms with Crippen molar-refractivity contribution in [3.63, 3.8) is 0 Å². The van der Waals surface area contributed by atoms with E-state index in [1.54, 1.807) is 0 Å². The maximum atomic E-state index is 12.3. The smallest absolute Gasteiger partial charge is 0.163 e. The van der Waals surface area contributed by atoms with E-state index in [0.29, 0.717) is 12.3 Å². The zero-order valence-corrected chi connectivity index (χ0v) is 11.5. The topological polar surface area (TPSA) is 43.1 Å². The van der Waals surface area contributed by atoms with Crippen molar-refractivity contribution in [1.29, 1.82) is 0 Å². The predicted octanol–water partition coefficient (Wildman–Crippen LogP) is 3.32. The van der Waals surface area contributed by atoms with Gasteiger partial charge in [0.25, 0.3) is 0 Å². The van der Waals surface area contributed by atoms with Gasteiger partial charge in [-0.2, -0.15) is 0 Å². The summed E-state index contributed by atoms with van der Waals surface area (Å²) in [4.78, 5) is 12.3. The lowest BCUT2D eigenvalue weighted by Gasteiger charge is -2.04. The van der Waals surface area contributed by atoms with Crippen LogP contribution in [-0.4, -0.2) is 11.8 Å². The number of hydrogen-bond donors (Lipinski definition) is 1. The highest BCUT2D eigenvalue weighted by molar-refractivity contribution is 5.96. The molecule has 1 aliphatic rings. The summed E-state index contributed by atoms with van der Waals surface area (Å²) in [6.07, 6.45) is 2.40. The van der Waals surface area contributed by atoms with E-state index in [2.05, 4.69) is 18.2 Å². The van der Waals surface area contributed by atoms with E-state index >= 15 is 0 Å². The molecule has 0 saturated heterocycles. The molecule has 0 amide bonds. The van der Waals surface area contributed by atoms with Gasteiger partial charge in [0.2, 0.25) is 0 Å². The molecule has 2 unspecified atom stereocenters. The molecule has 0 heterocycles. The Morgan fingerprint density at radius 2 is 1.85 bits per heavy atom. The van der Waals surface area contributed by atoms with Gasteiger partial charge in [-0.3, -0.25) is 4.79 Å². The molecule has 0 aliphatic heterocycles. The van der Waals surface area contributed by atoms with E-state index < -0.39 is 0 Å². The summed E-state index contributed by atoms with van der Waals surface area (Å²) < 4.78 is 0. The number of hydrogen-bond acceptors (Lipinski definition) is 2. The number of benzene rings is 2. The summed E-state index contributed by atoms with van der Waals surface area (Å²) in [5.74, 6) is 0.668. The second kappa shape index (κ2) is 5.59. The summed E-state index contributed by atoms with van der Waals surface area (Å²) in [5.41, 5.74) is 9.11. The summed E-state index contributed by atoms with van der Waals surface area (Å²) in [5, 5.41) is 0. The van der Waals surface area contributed by atoms with Crippen molar-refractivity contribution in [3.05, 3.63) is 71.3 Å². The van der Waals surface area contributed by atoms with Crippen molar-refractivity contribution in [1.82, 2.24) is 0 Å². The minimum absolute atomic E-state index is 0.213. The van der Waals surface area contributed by atoms with Crippen LogP contribution in [0.3, 0.4) is 0 Å². The van der Waals surface area contributed by atoms with Crippen LogP contribution in [-0.2, 0) is 6.42 Å². The summed E-state index contributed by atoms with van der Waals surface area (Å²) >= 11 is 0. The van der Waals surface area contributed by atoms with Gasteiger partial charge in [-0.15, -0.1) is 0 Å². The van der Waals surface area contributed by atoms with Crippen LogP contribution in [0.4, 0.5) is 0 Å². The van der Waals surface area contributed by atoms with Crippen LogP contribution in [0, 0.1) is 0 Å².